The lowest BCUT2D eigenvalue weighted by molar-refractivity contribution is -0.285. The van der Waals surface area contributed by atoms with E-state index in [0.29, 0.717) is 0 Å². The van der Waals surface area contributed by atoms with Crippen LogP contribution in [0, 0.1) is 11.2 Å². The van der Waals surface area contributed by atoms with Crippen LogP contribution < -0.4 is 10.6 Å². The molecule has 2 aliphatic rings. The van der Waals surface area contributed by atoms with Crippen molar-refractivity contribution < 1.29 is 41.0 Å². The van der Waals surface area contributed by atoms with Crippen molar-refractivity contribution >= 4 is 34.5 Å². The summed E-state index contributed by atoms with van der Waals surface area (Å²) in [6.07, 6.45) is -6.73. The van der Waals surface area contributed by atoms with Crippen LogP contribution in [-0.4, -0.2) is 53.8 Å². The number of halogens is 6. The Morgan fingerprint density at radius 3 is 2.28 bits per heavy atom. The third kappa shape index (κ3) is 3.09. The van der Waals surface area contributed by atoms with Crippen LogP contribution in [0.5, 0.6) is 0 Å². The molecule has 0 fully saturated rings. The fourth-order valence-electron chi connectivity index (χ4n) is 4.17. The molecule has 3 N–H and O–H groups in total. The lowest BCUT2D eigenvalue weighted by Crippen LogP contribution is -2.56. The molecule has 0 radical (unpaired) electrons. The number of rotatable bonds is 4. The van der Waals surface area contributed by atoms with E-state index in [-0.39, 0.29) is 39.8 Å². The third-order valence-corrected chi connectivity index (χ3v) is 6.35. The predicted octanol–water partition coefficient (Wildman–Crippen LogP) is 2.73. The Morgan fingerprint density at radius 1 is 1.06 bits per heavy atom. The van der Waals surface area contributed by atoms with E-state index in [1.165, 1.54) is 13.8 Å². The highest BCUT2D eigenvalue weighted by atomic mass is 19.4. The van der Waals surface area contributed by atoms with Gasteiger partial charge in [0.1, 0.15) is 23.1 Å². The number of amides is 2. The highest BCUT2D eigenvalue weighted by Crippen LogP contribution is 2.53. The second-order valence-corrected chi connectivity index (χ2v) is 8.91. The summed E-state index contributed by atoms with van der Waals surface area (Å²) in [7, 11) is 0. The van der Waals surface area contributed by atoms with Gasteiger partial charge in [-0.1, -0.05) is 0 Å². The van der Waals surface area contributed by atoms with Crippen LogP contribution >= 0.6 is 0 Å². The number of pyridine rings is 1. The number of aryl methyl sites for hydroxylation is 1. The van der Waals surface area contributed by atoms with Crippen molar-refractivity contribution in [1.82, 2.24) is 24.7 Å². The molecule has 0 aromatic carbocycles. The molecule has 0 aliphatic carbocycles. The summed E-state index contributed by atoms with van der Waals surface area (Å²) in [5.41, 5.74) is -4.52. The minimum absolute atomic E-state index is 0.112. The summed E-state index contributed by atoms with van der Waals surface area (Å²) >= 11 is 0. The zero-order valence-corrected chi connectivity index (χ0v) is 18.3. The summed E-state index contributed by atoms with van der Waals surface area (Å²) in [4.78, 5) is 37.3. The maximum Gasteiger partial charge on any atom is 0.453 e. The average molecular weight is 515 g/mol. The molecule has 10 nitrogen and oxygen atoms in total. The second kappa shape index (κ2) is 7.11. The Bertz CT molecular complexity index is 1470. The Hall–Kier alpha value is -3.82. The molecule has 0 spiro atoms. The minimum atomic E-state index is -5.79. The first kappa shape index (κ1) is 23.9. The van der Waals surface area contributed by atoms with Gasteiger partial charge in [-0.05, 0) is 19.9 Å². The third-order valence-electron chi connectivity index (χ3n) is 6.35. The number of anilines is 2. The minimum Gasteiger partial charge on any atom is -0.374 e. The Labute approximate surface area is 196 Å². The molecule has 3 aromatic rings. The highest BCUT2D eigenvalue weighted by molar-refractivity contribution is 6.14. The molecule has 0 saturated carbocycles. The van der Waals surface area contributed by atoms with E-state index >= 15 is 0 Å². The van der Waals surface area contributed by atoms with Crippen LogP contribution in [0.15, 0.2) is 12.3 Å². The lowest BCUT2D eigenvalue weighted by Gasteiger charge is -2.40. The van der Waals surface area contributed by atoms with E-state index in [0.717, 1.165) is 16.9 Å². The van der Waals surface area contributed by atoms with Gasteiger partial charge in [-0.25, -0.2) is 24.0 Å². The van der Waals surface area contributed by atoms with Crippen LogP contribution in [0.2, 0.25) is 0 Å². The molecule has 3 aromatic heterocycles. The van der Waals surface area contributed by atoms with Gasteiger partial charge in [-0.15, -0.1) is 0 Å². The Balaban J connectivity index is 1.65. The van der Waals surface area contributed by atoms with Crippen molar-refractivity contribution in [2.45, 2.75) is 44.5 Å². The SMILES string of the molecule is CC1(C)C(=O)Nc2nc(-c3nn(CCC(F)(F)C(F)(F)F)c4ncc(F)cc34)nc3c2C1(O)C(=O)N3. The predicted molar refractivity (Wildman–Crippen MR) is 109 cm³/mol. The largest absolute Gasteiger partial charge is 0.453 e. The van der Waals surface area contributed by atoms with Crippen molar-refractivity contribution in [2.75, 3.05) is 10.6 Å². The van der Waals surface area contributed by atoms with E-state index in [2.05, 4.69) is 30.7 Å². The standard InChI is InChI=1S/C20H15F6N7O3/c1-17(2)15(34)30-11-9-12(31-16(35)19(9,17)36)29-13(28-11)10-8-5-7(21)6-27-14(8)33(32-10)4-3-18(22,23)20(24,25)26/h5-6,36H,3-4H2,1-2H3,(H2,28,29,30,31,34,35). The van der Waals surface area contributed by atoms with E-state index in [1.807, 2.05) is 0 Å². The molecule has 5 rings (SSSR count). The molecule has 190 valence electrons. The number of nitrogens with zero attached hydrogens (tertiary/aromatic N) is 5. The van der Waals surface area contributed by atoms with Gasteiger partial charge < -0.3 is 15.7 Å². The lowest BCUT2D eigenvalue weighted by atomic mass is 9.69. The number of hydrogen-bond donors (Lipinski definition) is 3. The number of hydrogen-bond acceptors (Lipinski definition) is 7. The number of carbonyl (C=O) groups is 2. The first-order valence-corrected chi connectivity index (χ1v) is 10.3. The topological polar surface area (TPSA) is 135 Å². The number of aliphatic hydroxyl groups is 1. The molecule has 1 atom stereocenters. The van der Waals surface area contributed by atoms with Crippen molar-refractivity contribution in [3.05, 3.63) is 23.6 Å². The molecule has 2 aliphatic heterocycles. The van der Waals surface area contributed by atoms with Crippen LogP contribution in [-0.2, 0) is 21.7 Å². The van der Waals surface area contributed by atoms with Crippen molar-refractivity contribution in [3.8, 4) is 11.5 Å². The highest BCUT2D eigenvalue weighted by Gasteiger charge is 2.64. The quantitative estimate of drug-likeness (QED) is 0.455. The number of fused-ring (bicyclic) bond motifs is 1. The summed E-state index contributed by atoms with van der Waals surface area (Å²) in [6.45, 7) is 1.74. The molecule has 36 heavy (non-hydrogen) atoms. The fraction of sp³-hybridized carbons (Fsp3) is 0.400. The first-order chi connectivity index (χ1) is 16.6. The monoisotopic (exact) mass is 515 g/mol. The average Bonchev–Trinajstić information content (AvgIpc) is 3.25. The molecular formula is C20H15F6N7O3. The van der Waals surface area contributed by atoms with Gasteiger partial charge in [0.25, 0.3) is 5.91 Å². The van der Waals surface area contributed by atoms with Gasteiger partial charge in [-0.2, -0.15) is 27.1 Å². The Morgan fingerprint density at radius 2 is 1.67 bits per heavy atom. The van der Waals surface area contributed by atoms with Gasteiger partial charge in [0.2, 0.25) is 5.91 Å². The second-order valence-electron chi connectivity index (χ2n) is 8.91. The summed E-state index contributed by atoms with van der Waals surface area (Å²) in [5, 5.41) is 19.8. The van der Waals surface area contributed by atoms with Crippen molar-refractivity contribution in [1.29, 1.82) is 0 Å². The Kier molecular flexibility index (Phi) is 4.72. The van der Waals surface area contributed by atoms with Gasteiger partial charge >= 0.3 is 12.1 Å². The van der Waals surface area contributed by atoms with Crippen LogP contribution in [0.25, 0.3) is 22.6 Å². The van der Waals surface area contributed by atoms with E-state index in [9.17, 15) is 41.0 Å². The first-order valence-electron chi connectivity index (χ1n) is 10.3. The molecular weight excluding hydrogens is 500 g/mol. The number of nitrogens with one attached hydrogen (secondary N) is 2. The van der Waals surface area contributed by atoms with Gasteiger partial charge in [-0.3, -0.25) is 9.59 Å². The van der Waals surface area contributed by atoms with E-state index in [1.54, 1.807) is 0 Å². The van der Waals surface area contributed by atoms with Gasteiger partial charge in [0.15, 0.2) is 17.1 Å². The molecule has 5 heterocycles. The zero-order valence-electron chi connectivity index (χ0n) is 18.3. The maximum absolute atomic E-state index is 14.0. The van der Waals surface area contributed by atoms with Crippen molar-refractivity contribution in [2.24, 2.45) is 5.41 Å². The van der Waals surface area contributed by atoms with Gasteiger partial charge in [0, 0.05) is 13.0 Å². The van der Waals surface area contributed by atoms with Crippen LogP contribution in [0.1, 0.15) is 25.8 Å². The molecule has 0 saturated heterocycles. The molecule has 1 unspecified atom stereocenters. The summed E-state index contributed by atoms with van der Waals surface area (Å²) < 4.78 is 79.5. The van der Waals surface area contributed by atoms with E-state index in [4.69, 9.17) is 0 Å². The molecule has 0 bridgehead atoms. The van der Waals surface area contributed by atoms with Crippen LogP contribution in [0.3, 0.4) is 0 Å². The smallest absolute Gasteiger partial charge is 0.374 e. The number of aromatic nitrogens is 5. The van der Waals surface area contributed by atoms with E-state index < -0.39 is 53.7 Å². The van der Waals surface area contributed by atoms with Crippen LogP contribution in [0.4, 0.5) is 38.0 Å². The molecule has 16 heteroatoms. The molecule has 2 amide bonds. The normalized spacial score (nSPS) is 20.9. The fourth-order valence-corrected chi connectivity index (χ4v) is 4.17. The summed E-state index contributed by atoms with van der Waals surface area (Å²) in [6, 6.07) is 0.905. The van der Waals surface area contributed by atoms with Crippen molar-refractivity contribution in [3.63, 3.8) is 0 Å². The van der Waals surface area contributed by atoms with Gasteiger partial charge in [0.05, 0.1) is 22.6 Å². The number of carbonyl (C=O) groups excluding carboxylic acids is 2. The maximum atomic E-state index is 14.0. The zero-order chi connectivity index (χ0) is 26.4. The summed E-state index contributed by atoms with van der Waals surface area (Å²) in [5.74, 6) is -8.37. The number of alkyl halides is 5.